The Morgan fingerprint density at radius 2 is 2.16 bits per heavy atom. The van der Waals surface area contributed by atoms with Gasteiger partial charge in [0.05, 0.1) is 4.47 Å². The van der Waals surface area contributed by atoms with E-state index in [-0.39, 0.29) is 12.6 Å². The van der Waals surface area contributed by atoms with Crippen molar-refractivity contribution >= 4 is 27.9 Å². The molecule has 7 heteroatoms. The molecule has 1 aromatic rings. The van der Waals surface area contributed by atoms with Gasteiger partial charge >= 0.3 is 6.03 Å². The van der Waals surface area contributed by atoms with Crippen molar-refractivity contribution in [3.05, 3.63) is 28.5 Å². The molecule has 0 radical (unpaired) electrons. The predicted octanol–water partition coefficient (Wildman–Crippen LogP) is 1.96. The number of benzene rings is 1. The minimum Gasteiger partial charge on any atom is -0.483 e. The zero-order valence-electron chi connectivity index (χ0n) is 9.91. The highest BCUT2D eigenvalue weighted by molar-refractivity contribution is 9.10. The molecule has 1 aliphatic rings. The van der Waals surface area contributed by atoms with Gasteiger partial charge in [-0.15, -0.1) is 0 Å². The topological polar surface area (TPSA) is 67.4 Å². The maximum Gasteiger partial charge on any atom is 0.321 e. The van der Waals surface area contributed by atoms with Crippen LogP contribution in [0.2, 0.25) is 0 Å². The van der Waals surface area contributed by atoms with Crippen LogP contribution in [0.1, 0.15) is 12.8 Å². The van der Waals surface area contributed by atoms with Crippen LogP contribution in [0.4, 0.5) is 9.18 Å². The molecule has 0 aromatic heterocycles. The standard InChI is InChI=1S/C12H12BrFN2O3/c13-9-5-7(14)1-4-10(9)19-6-11(17)16-12(18)15-8-2-3-8/h1,4-5,8H,2-3,6H2,(H2,15,16,17,18). The van der Waals surface area contributed by atoms with Gasteiger partial charge in [0.15, 0.2) is 6.61 Å². The molecule has 3 amide bonds. The molecule has 0 heterocycles. The van der Waals surface area contributed by atoms with Crippen LogP contribution in [0, 0.1) is 5.82 Å². The van der Waals surface area contributed by atoms with Crippen LogP contribution < -0.4 is 15.4 Å². The summed E-state index contributed by atoms with van der Waals surface area (Å²) in [6.45, 7) is -0.317. The van der Waals surface area contributed by atoms with E-state index in [2.05, 4.69) is 26.6 Å². The molecule has 0 bridgehead atoms. The van der Waals surface area contributed by atoms with Crippen molar-refractivity contribution in [3.63, 3.8) is 0 Å². The maximum atomic E-state index is 12.8. The number of nitrogens with one attached hydrogen (secondary N) is 2. The smallest absolute Gasteiger partial charge is 0.321 e. The Hall–Kier alpha value is -1.63. The van der Waals surface area contributed by atoms with Crippen molar-refractivity contribution in [1.82, 2.24) is 10.6 Å². The number of rotatable bonds is 4. The maximum absolute atomic E-state index is 12.8. The average molecular weight is 331 g/mol. The van der Waals surface area contributed by atoms with E-state index in [1.165, 1.54) is 18.2 Å². The van der Waals surface area contributed by atoms with Crippen LogP contribution in [0.3, 0.4) is 0 Å². The highest BCUT2D eigenvalue weighted by Crippen LogP contribution is 2.25. The minimum absolute atomic E-state index is 0.181. The molecule has 0 atom stereocenters. The van der Waals surface area contributed by atoms with Gasteiger partial charge in [0, 0.05) is 6.04 Å². The molecule has 2 N–H and O–H groups in total. The summed E-state index contributed by atoms with van der Waals surface area (Å²) in [5, 5.41) is 4.77. The van der Waals surface area contributed by atoms with Gasteiger partial charge in [-0.3, -0.25) is 10.1 Å². The van der Waals surface area contributed by atoms with E-state index >= 15 is 0 Å². The van der Waals surface area contributed by atoms with Gasteiger partial charge in [-0.1, -0.05) is 0 Å². The van der Waals surface area contributed by atoms with E-state index in [1.54, 1.807) is 0 Å². The molecule has 0 spiro atoms. The van der Waals surface area contributed by atoms with E-state index in [9.17, 15) is 14.0 Å². The minimum atomic E-state index is -0.561. The Balaban J connectivity index is 1.77. The molecule has 1 aliphatic carbocycles. The summed E-state index contributed by atoms with van der Waals surface area (Å²) in [4.78, 5) is 22.7. The fourth-order valence-electron chi connectivity index (χ4n) is 1.35. The van der Waals surface area contributed by atoms with E-state index in [4.69, 9.17) is 4.74 Å². The first kappa shape index (κ1) is 13.8. The molecule has 1 aromatic carbocycles. The number of hydrogen-bond acceptors (Lipinski definition) is 3. The van der Waals surface area contributed by atoms with Crippen LogP contribution in [0.25, 0.3) is 0 Å². The largest absolute Gasteiger partial charge is 0.483 e. The Bertz CT molecular complexity index is 506. The number of carbonyl (C=O) groups is 2. The highest BCUT2D eigenvalue weighted by Gasteiger charge is 2.23. The third kappa shape index (κ3) is 4.51. The Morgan fingerprint density at radius 3 is 2.79 bits per heavy atom. The summed E-state index contributed by atoms with van der Waals surface area (Å²) < 4.78 is 18.4. The van der Waals surface area contributed by atoms with Gasteiger partial charge in [0.2, 0.25) is 0 Å². The number of amides is 3. The lowest BCUT2D eigenvalue weighted by Crippen LogP contribution is -2.42. The van der Waals surface area contributed by atoms with Crippen LogP contribution >= 0.6 is 15.9 Å². The summed E-state index contributed by atoms with van der Waals surface area (Å²) in [5.41, 5.74) is 0. The fourth-order valence-corrected chi connectivity index (χ4v) is 1.81. The molecule has 102 valence electrons. The van der Waals surface area contributed by atoms with Gasteiger partial charge in [0.25, 0.3) is 5.91 Å². The first-order valence-electron chi connectivity index (χ1n) is 5.73. The lowest BCUT2D eigenvalue weighted by Gasteiger charge is -2.08. The lowest BCUT2D eigenvalue weighted by molar-refractivity contribution is -0.122. The van der Waals surface area contributed by atoms with Crippen molar-refractivity contribution in [2.45, 2.75) is 18.9 Å². The third-order valence-corrected chi connectivity index (χ3v) is 3.04. The van der Waals surface area contributed by atoms with E-state index < -0.39 is 17.8 Å². The van der Waals surface area contributed by atoms with Crippen molar-refractivity contribution in [2.24, 2.45) is 0 Å². The van der Waals surface area contributed by atoms with E-state index in [1.807, 2.05) is 0 Å². The summed E-state index contributed by atoms with van der Waals surface area (Å²) in [6.07, 6.45) is 1.89. The summed E-state index contributed by atoms with van der Waals surface area (Å²) in [5.74, 6) is -0.638. The second-order valence-corrected chi connectivity index (χ2v) is 5.01. The Morgan fingerprint density at radius 1 is 1.42 bits per heavy atom. The van der Waals surface area contributed by atoms with Crippen LogP contribution in [0.15, 0.2) is 22.7 Å². The van der Waals surface area contributed by atoms with E-state index in [0.29, 0.717) is 10.2 Å². The highest BCUT2D eigenvalue weighted by atomic mass is 79.9. The van der Waals surface area contributed by atoms with Crippen LogP contribution in [-0.2, 0) is 4.79 Å². The molecule has 1 fully saturated rings. The first-order chi connectivity index (χ1) is 9.04. The van der Waals surface area contributed by atoms with Crippen LogP contribution in [0.5, 0.6) is 5.75 Å². The number of imide groups is 1. The number of ether oxygens (including phenoxy) is 1. The summed E-state index contributed by atoms with van der Waals surface area (Å²) >= 11 is 3.11. The second kappa shape index (κ2) is 6.01. The normalized spacial score (nSPS) is 13.8. The Labute approximate surface area is 117 Å². The van der Waals surface area contributed by atoms with Crippen molar-refractivity contribution in [3.8, 4) is 5.75 Å². The monoisotopic (exact) mass is 330 g/mol. The average Bonchev–Trinajstić information content (AvgIpc) is 3.11. The lowest BCUT2D eigenvalue weighted by atomic mass is 10.3. The molecular formula is C12H12BrFN2O3. The van der Waals surface area contributed by atoms with Crippen molar-refractivity contribution in [2.75, 3.05) is 6.61 Å². The predicted molar refractivity (Wildman–Crippen MR) is 69.3 cm³/mol. The number of carbonyl (C=O) groups excluding carboxylic acids is 2. The number of halogens is 2. The Kier molecular flexibility index (Phi) is 4.36. The van der Waals surface area contributed by atoms with Crippen molar-refractivity contribution < 1.29 is 18.7 Å². The number of urea groups is 1. The second-order valence-electron chi connectivity index (χ2n) is 4.16. The molecule has 0 saturated heterocycles. The van der Waals surface area contributed by atoms with Gasteiger partial charge in [0.1, 0.15) is 11.6 Å². The van der Waals surface area contributed by atoms with Crippen LogP contribution in [-0.4, -0.2) is 24.6 Å². The van der Waals surface area contributed by atoms with Gasteiger partial charge < -0.3 is 10.1 Å². The third-order valence-electron chi connectivity index (χ3n) is 2.42. The first-order valence-corrected chi connectivity index (χ1v) is 6.52. The molecule has 1 saturated carbocycles. The molecule has 2 rings (SSSR count). The molecule has 19 heavy (non-hydrogen) atoms. The molecule has 5 nitrogen and oxygen atoms in total. The van der Waals surface area contributed by atoms with Crippen molar-refractivity contribution in [1.29, 1.82) is 0 Å². The number of hydrogen-bond donors (Lipinski definition) is 2. The fraction of sp³-hybridized carbons (Fsp3) is 0.333. The van der Waals surface area contributed by atoms with Gasteiger partial charge in [-0.05, 0) is 47.0 Å². The molecular weight excluding hydrogens is 319 g/mol. The van der Waals surface area contributed by atoms with E-state index in [0.717, 1.165) is 12.8 Å². The summed E-state index contributed by atoms with van der Waals surface area (Å²) in [7, 11) is 0. The van der Waals surface area contributed by atoms with Gasteiger partial charge in [-0.2, -0.15) is 0 Å². The molecule has 0 unspecified atom stereocenters. The quantitative estimate of drug-likeness (QED) is 0.886. The molecule has 0 aliphatic heterocycles. The zero-order valence-corrected chi connectivity index (χ0v) is 11.5. The zero-order chi connectivity index (χ0) is 13.8. The SMILES string of the molecule is O=C(COc1ccc(F)cc1Br)NC(=O)NC1CC1. The summed E-state index contributed by atoms with van der Waals surface area (Å²) in [6, 6.07) is 3.51. The van der Waals surface area contributed by atoms with Gasteiger partial charge in [-0.25, -0.2) is 9.18 Å².